The van der Waals surface area contributed by atoms with Crippen LogP contribution in [0.4, 0.5) is 4.79 Å². The van der Waals surface area contributed by atoms with E-state index < -0.39 is 41.2 Å². The van der Waals surface area contributed by atoms with E-state index in [9.17, 15) is 19.2 Å². The molecule has 9 nitrogen and oxygen atoms in total. The van der Waals surface area contributed by atoms with E-state index in [0.717, 1.165) is 11.1 Å². The molecule has 0 aliphatic carbocycles. The van der Waals surface area contributed by atoms with Crippen LogP contribution in [-0.4, -0.2) is 47.8 Å². The summed E-state index contributed by atoms with van der Waals surface area (Å²) in [5.74, 6) is -1.28. The summed E-state index contributed by atoms with van der Waals surface area (Å²) in [4.78, 5) is 51.1. The van der Waals surface area contributed by atoms with Crippen molar-refractivity contribution in [2.45, 2.75) is 57.7 Å². The van der Waals surface area contributed by atoms with Crippen LogP contribution in [0, 0.1) is 0 Å². The Morgan fingerprint density at radius 2 is 1.48 bits per heavy atom. The molecule has 0 saturated heterocycles. The predicted octanol–water partition coefficient (Wildman–Crippen LogP) is 4.45. The highest BCUT2D eigenvalue weighted by molar-refractivity contribution is 5.96. The number of amides is 2. The Morgan fingerprint density at radius 1 is 0.875 bits per heavy atom. The molecule has 0 spiro atoms. The fourth-order valence-electron chi connectivity index (χ4n) is 4.28. The second-order valence-corrected chi connectivity index (χ2v) is 10.3. The Kier molecular flexibility index (Phi) is 10.6. The van der Waals surface area contributed by atoms with Crippen molar-refractivity contribution in [3.63, 3.8) is 0 Å². The first kappa shape index (κ1) is 30.1. The van der Waals surface area contributed by atoms with Gasteiger partial charge in [-0.15, -0.1) is 0 Å². The van der Waals surface area contributed by atoms with Crippen LogP contribution >= 0.6 is 0 Å². The molecule has 3 aromatic rings. The summed E-state index contributed by atoms with van der Waals surface area (Å²) < 4.78 is 11.6. The van der Waals surface area contributed by atoms with Gasteiger partial charge in [0.25, 0.3) is 11.5 Å². The minimum atomic E-state index is -0.953. The first-order chi connectivity index (χ1) is 19.1. The Balaban J connectivity index is 1.74. The van der Waals surface area contributed by atoms with E-state index in [1.165, 1.54) is 17.7 Å². The SMILES string of the molecule is COC(=O)[C@H](CCCCNC(=O)OC(C)(C)C)NC(=O)c1cccn(C(c2ccccc2)c2ccccc2)c1=O. The predicted molar refractivity (Wildman–Crippen MR) is 152 cm³/mol. The molecule has 40 heavy (non-hydrogen) atoms. The standard InChI is InChI=1S/C31H37N3O6/c1-31(2,3)40-30(38)32-20-12-11-19-25(29(37)39-4)33-27(35)24-18-13-21-34(28(24)36)26(22-14-7-5-8-15-22)23-16-9-6-10-17-23/h5-10,13-18,21,25-26H,11-12,19-20H2,1-4H3,(H,32,38)(H,33,35)/t25-/m0/s1. The van der Waals surface area contributed by atoms with Crippen LogP contribution < -0.4 is 16.2 Å². The molecule has 0 aliphatic heterocycles. The van der Waals surface area contributed by atoms with Gasteiger partial charge in [0.05, 0.1) is 13.2 Å². The number of aromatic nitrogens is 1. The molecular weight excluding hydrogens is 510 g/mol. The van der Waals surface area contributed by atoms with Crippen LogP contribution in [0.5, 0.6) is 0 Å². The first-order valence-corrected chi connectivity index (χ1v) is 13.3. The number of nitrogens with zero attached hydrogens (tertiary/aromatic N) is 1. The highest BCUT2D eigenvalue weighted by Gasteiger charge is 2.25. The lowest BCUT2D eigenvalue weighted by Crippen LogP contribution is -2.44. The number of hydrogen-bond donors (Lipinski definition) is 2. The number of unbranched alkanes of at least 4 members (excludes halogenated alkanes) is 1. The lowest BCUT2D eigenvalue weighted by atomic mass is 9.98. The van der Waals surface area contributed by atoms with Crippen molar-refractivity contribution >= 4 is 18.0 Å². The second kappa shape index (κ2) is 14.1. The molecule has 2 N–H and O–H groups in total. The van der Waals surface area contributed by atoms with E-state index in [1.807, 2.05) is 60.7 Å². The number of alkyl carbamates (subject to hydrolysis) is 1. The smallest absolute Gasteiger partial charge is 0.407 e. The van der Waals surface area contributed by atoms with Crippen LogP contribution in [0.1, 0.15) is 67.6 Å². The summed E-state index contributed by atoms with van der Waals surface area (Å²) in [6.07, 6.45) is 2.47. The topological polar surface area (TPSA) is 116 Å². The van der Waals surface area contributed by atoms with E-state index in [2.05, 4.69) is 10.6 Å². The van der Waals surface area contributed by atoms with E-state index in [0.29, 0.717) is 19.4 Å². The maximum atomic E-state index is 13.6. The summed E-state index contributed by atoms with van der Waals surface area (Å²) in [5, 5.41) is 5.33. The zero-order valence-electron chi connectivity index (χ0n) is 23.4. The number of methoxy groups -OCH3 is 1. The van der Waals surface area contributed by atoms with E-state index >= 15 is 0 Å². The van der Waals surface area contributed by atoms with Gasteiger partial charge < -0.3 is 24.7 Å². The van der Waals surface area contributed by atoms with Gasteiger partial charge in [-0.1, -0.05) is 60.7 Å². The number of hydrogen-bond acceptors (Lipinski definition) is 6. The highest BCUT2D eigenvalue weighted by atomic mass is 16.6. The number of pyridine rings is 1. The van der Waals surface area contributed by atoms with Gasteiger partial charge >= 0.3 is 12.1 Å². The average Bonchev–Trinajstić information content (AvgIpc) is 2.93. The van der Waals surface area contributed by atoms with Gasteiger partial charge in [0, 0.05) is 12.7 Å². The van der Waals surface area contributed by atoms with Gasteiger partial charge in [-0.2, -0.15) is 0 Å². The molecule has 1 aromatic heterocycles. The third-order valence-corrected chi connectivity index (χ3v) is 6.11. The molecule has 212 valence electrons. The van der Waals surface area contributed by atoms with Crippen molar-refractivity contribution < 1.29 is 23.9 Å². The quantitative estimate of drug-likeness (QED) is 0.271. The molecule has 2 aromatic carbocycles. The minimum absolute atomic E-state index is 0.0835. The molecule has 9 heteroatoms. The summed E-state index contributed by atoms with van der Waals surface area (Å²) in [7, 11) is 1.24. The largest absolute Gasteiger partial charge is 0.467 e. The Morgan fingerprint density at radius 3 is 2.02 bits per heavy atom. The van der Waals surface area contributed by atoms with Crippen LogP contribution in [0.2, 0.25) is 0 Å². The molecule has 0 saturated carbocycles. The number of benzene rings is 2. The van der Waals surface area contributed by atoms with Crippen molar-refractivity contribution in [2.75, 3.05) is 13.7 Å². The van der Waals surface area contributed by atoms with Gasteiger partial charge in [0.15, 0.2) is 0 Å². The number of nitrogens with one attached hydrogen (secondary N) is 2. The second-order valence-electron chi connectivity index (χ2n) is 10.3. The fraction of sp³-hybridized carbons (Fsp3) is 0.355. The Bertz CT molecular complexity index is 1290. The van der Waals surface area contributed by atoms with Crippen molar-refractivity contribution in [3.05, 3.63) is 106 Å². The average molecular weight is 548 g/mol. The molecular formula is C31H37N3O6. The van der Waals surface area contributed by atoms with Crippen molar-refractivity contribution in [1.29, 1.82) is 0 Å². The number of carbonyl (C=O) groups excluding carboxylic acids is 3. The highest BCUT2D eigenvalue weighted by Crippen LogP contribution is 2.25. The van der Waals surface area contributed by atoms with E-state index in [4.69, 9.17) is 9.47 Å². The Hall–Kier alpha value is -4.40. The van der Waals surface area contributed by atoms with Gasteiger partial charge in [-0.05, 0) is 63.3 Å². The molecule has 0 unspecified atom stereocenters. The molecule has 2 amide bonds. The van der Waals surface area contributed by atoms with Crippen molar-refractivity contribution in [1.82, 2.24) is 15.2 Å². The third kappa shape index (κ3) is 8.56. The van der Waals surface area contributed by atoms with Crippen LogP contribution in [-0.2, 0) is 14.3 Å². The van der Waals surface area contributed by atoms with Crippen molar-refractivity contribution in [2.24, 2.45) is 0 Å². The zero-order chi connectivity index (χ0) is 29.1. The third-order valence-electron chi connectivity index (χ3n) is 6.11. The van der Waals surface area contributed by atoms with Crippen molar-refractivity contribution in [3.8, 4) is 0 Å². The van der Waals surface area contributed by atoms with Crippen LogP contribution in [0.15, 0.2) is 83.8 Å². The fourth-order valence-corrected chi connectivity index (χ4v) is 4.28. The summed E-state index contributed by atoms with van der Waals surface area (Å²) in [6.45, 7) is 5.68. The lowest BCUT2D eigenvalue weighted by Gasteiger charge is -2.22. The van der Waals surface area contributed by atoms with E-state index in [-0.39, 0.29) is 12.0 Å². The molecule has 0 fully saturated rings. The normalized spacial score (nSPS) is 11.9. The lowest BCUT2D eigenvalue weighted by molar-refractivity contribution is -0.143. The summed E-state index contributed by atoms with van der Waals surface area (Å²) in [6, 6.07) is 20.8. The van der Waals surface area contributed by atoms with Crippen LogP contribution in [0.3, 0.4) is 0 Å². The molecule has 3 rings (SSSR count). The van der Waals surface area contributed by atoms with Gasteiger partial charge in [-0.25, -0.2) is 9.59 Å². The monoisotopic (exact) mass is 547 g/mol. The number of carbonyl (C=O) groups is 3. The molecule has 0 bridgehead atoms. The summed E-state index contributed by atoms with van der Waals surface area (Å²) >= 11 is 0. The van der Waals surface area contributed by atoms with Gasteiger partial charge in [-0.3, -0.25) is 9.59 Å². The number of esters is 1. The van der Waals surface area contributed by atoms with Gasteiger partial charge in [0.1, 0.15) is 17.2 Å². The number of rotatable bonds is 11. The first-order valence-electron chi connectivity index (χ1n) is 13.3. The Labute approximate surface area is 234 Å². The van der Waals surface area contributed by atoms with Crippen LogP contribution in [0.25, 0.3) is 0 Å². The maximum Gasteiger partial charge on any atom is 0.407 e. The maximum absolute atomic E-state index is 13.6. The minimum Gasteiger partial charge on any atom is -0.467 e. The molecule has 1 heterocycles. The molecule has 1 atom stereocenters. The summed E-state index contributed by atoms with van der Waals surface area (Å²) in [5.41, 5.74) is 0.618. The number of ether oxygens (including phenoxy) is 2. The van der Waals surface area contributed by atoms with E-state index in [1.54, 1.807) is 33.0 Å². The molecule has 0 radical (unpaired) electrons. The molecule has 0 aliphatic rings. The van der Waals surface area contributed by atoms with Gasteiger partial charge in [0.2, 0.25) is 0 Å². The zero-order valence-corrected chi connectivity index (χ0v) is 23.4.